The number of pyridine rings is 1. The molecule has 0 radical (unpaired) electrons. The molecule has 2 aromatic rings. The van der Waals surface area contributed by atoms with Crippen LogP contribution in [0.3, 0.4) is 0 Å². The normalized spacial score (nSPS) is 28.8. The number of benzene rings is 1. The third kappa shape index (κ3) is 3.08. The predicted octanol–water partition coefficient (Wildman–Crippen LogP) is 6.57. The van der Waals surface area contributed by atoms with Gasteiger partial charge in [0.25, 0.3) is 0 Å². The average molecular weight is 416 g/mol. The van der Waals surface area contributed by atoms with Gasteiger partial charge in [-0.25, -0.2) is 9.78 Å². The standard InChI is InChI=1S/C28H33NO2/c1-17-13-20(15-22-24(17)27(4,5)12-11-26(22,2)3)28-16-19(28)10-9-18(28)14-21-7-6-8-23(29-21)25(30)31/h6-8,13-15,19H,9-12,16H2,1-5H3,(H,30,31)/b18-14+. The molecule has 1 aromatic carbocycles. The third-order valence-electron chi connectivity index (χ3n) is 8.38. The van der Waals surface area contributed by atoms with E-state index in [1.807, 2.05) is 6.07 Å². The summed E-state index contributed by atoms with van der Waals surface area (Å²) < 4.78 is 0. The summed E-state index contributed by atoms with van der Waals surface area (Å²) in [4.78, 5) is 15.7. The van der Waals surface area contributed by atoms with E-state index in [-0.39, 0.29) is 21.9 Å². The fourth-order valence-electron chi connectivity index (χ4n) is 6.56. The molecule has 3 aliphatic carbocycles. The summed E-state index contributed by atoms with van der Waals surface area (Å²) in [5, 5.41) is 9.31. The maximum atomic E-state index is 11.4. The molecule has 0 saturated heterocycles. The molecule has 1 N–H and O–H groups in total. The minimum absolute atomic E-state index is 0.113. The van der Waals surface area contributed by atoms with E-state index in [4.69, 9.17) is 0 Å². The fraction of sp³-hybridized carbons (Fsp3) is 0.500. The Morgan fingerprint density at radius 2 is 1.87 bits per heavy atom. The van der Waals surface area contributed by atoms with Crippen LogP contribution in [0.4, 0.5) is 0 Å². The zero-order chi connectivity index (χ0) is 22.2. The minimum atomic E-state index is -0.971. The van der Waals surface area contributed by atoms with Crippen LogP contribution in [0.5, 0.6) is 0 Å². The van der Waals surface area contributed by atoms with Gasteiger partial charge in [-0.3, -0.25) is 0 Å². The van der Waals surface area contributed by atoms with Crippen LogP contribution in [0.25, 0.3) is 6.08 Å². The Morgan fingerprint density at radius 1 is 1.13 bits per heavy atom. The van der Waals surface area contributed by atoms with Gasteiger partial charge in [-0.2, -0.15) is 0 Å². The number of carboxylic acids is 1. The molecule has 2 fully saturated rings. The van der Waals surface area contributed by atoms with Crippen molar-refractivity contribution >= 4 is 12.0 Å². The van der Waals surface area contributed by atoms with Crippen LogP contribution in [0.15, 0.2) is 35.9 Å². The van der Waals surface area contributed by atoms with E-state index in [9.17, 15) is 9.90 Å². The van der Waals surface area contributed by atoms with E-state index >= 15 is 0 Å². The van der Waals surface area contributed by atoms with Gasteiger partial charge in [0.2, 0.25) is 0 Å². The highest BCUT2D eigenvalue weighted by Gasteiger charge is 2.61. The summed E-state index contributed by atoms with van der Waals surface area (Å²) in [6.45, 7) is 11.9. The smallest absolute Gasteiger partial charge is 0.354 e. The van der Waals surface area contributed by atoms with Gasteiger partial charge in [0, 0.05) is 5.41 Å². The molecule has 3 nitrogen and oxygen atoms in total. The van der Waals surface area contributed by atoms with Gasteiger partial charge in [-0.15, -0.1) is 0 Å². The van der Waals surface area contributed by atoms with Gasteiger partial charge < -0.3 is 5.11 Å². The summed E-state index contributed by atoms with van der Waals surface area (Å²) in [6.07, 6.45) is 8.13. The number of aromatic nitrogens is 1. The van der Waals surface area contributed by atoms with Gasteiger partial charge in [-0.05, 0) is 96.2 Å². The first-order valence-electron chi connectivity index (χ1n) is 11.6. The number of rotatable bonds is 3. The summed E-state index contributed by atoms with van der Waals surface area (Å²) in [7, 11) is 0. The lowest BCUT2D eigenvalue weighted by atomic mass is 9.61. The number of hydrogen-bond donors (Lipinski definition) is 1. The van der Waals surface area contributed by atoms with Crippen molar-refractivity contribution in [3.63, 3.8) is 0 Å². The van der Waals surface area contributed by atoms with Crippen molar-refractivity contribution in [2.24, 2.45) is 5.92 Å². The van der Waals surface area contributed by atoms with Gasteiger partial charge in [-0.1, -0.05) is 51.5 Å². The van der Waals surface area contributed by atoms with Crippen molar-refractivity contribution < 1.29 is 9.90 Å². The number of fused-ring (bicyclic) bond motifs is 2. The number of aryl methyl sites for hydroxylation is 1. The Bertz CT molecular complexity index is 1120. The largest absolute Gasteiger partial charge is 0.477 e. The van der Waals surface area contributed by atoms with Crippen molar-refractivity contribution in [3.05, 3.63) is 69.5 Å². The molecular weight excluding hydrogens is 382 g/mol. The molecule has 2 unspecified atom stereocenters. The molecule has 3 heteroatoms. The van der Waals surface area contributed by atoms with Crippen LogP contribution in [-0.4, -0.2) is 16.1 Å². The quantitative estimate of drug-likeness (QED) is 0.616. The first-order chi connectivity index (χ1) is 14.5. The highest BCUT2D eigenvalue weighted by atomic mass is 16.4. The first-order valence-corrected chi connectivity index (χ1v) is 11.6. The third-order valence-corrected chi connectivity index (χ3v) is 8.38. The van der Waals surface area contributed by atoms with Crippen LogP contribution in [0.2, 0.25) is 0 Å². The molecule has 1 heterocycles. The molecule has 2 atom stereocenters. The Labute approximate surface area is 185 Å². The summed E-state index contributed by atoms with van der Waals surface area (Å²) in [6, 6.07) is 10.3. The molecule has 162 valence electrons. The molecule has 0 spiro atoms. The van der Waals surface area contributed by atoms with E-state index in [2.05, 4.69) is 57.8 Å². The van der Waals surface area contributed by atoms with Gasteiger partial charge >= 0.3 is 5.97 Å². The lowest BCUT2D eigenvalue weighted by Crippen LogP contribution is -2.35. The van der Waals surface area contributed by atoms with Crippen molar-refractivity contribution in [2.45, 2.75) is 83.0 Å². The van der Waals surface area contributed by atoms with Gasteiger partial charge in [0.15, 0.2) is 0 Å². The number of nitrogens with zero attached hydrogens (tertiary/aromatic N) is 1. The highest BCUT2D eigenvalue weighted by molar-refractivity contribution is 5.85. The molecule has 0 bridgehead atoms. The van der Waals surface area contributed by atoms with E-state index in [1.165, 1.54) is 47.9 Å². The molecule has 3 aliphatic rings. The zero-order valence-corrected chi connectivity index (χ0v) is 19.4. The molecule has 31 heavy (non-hydrogen) atoms. The molecule has 1 aromatic heterocycles. The Hall–Kier alpha value is -2.42. The minimum Gasteiger partial charge on any atom is -0.477 e. The number of carboxylic acid groups (broad SMARTS) is 1. The van der Waals surface area contributed by atoms with Crippen LogP contribution in [0.1, 0.15) is 98.2 Å². The van der Waals surface area contributed by atoms with Crippen molar-refractivity contribution in [2.75, 3.05) is 0 Å². The Kier molecular flexibility index (Phi) is 4.32. The van der Waals surface area contributed by atoms with E-state index in [0.29, 0.717) is 5.92 Å². The summed E-state index contributed by atoms with van der Waals surface area (Å²) >= 11 is 0. The Balaban J connectivity index is 1.62. The number of carbonyl (C=O) groups is 1. The van der Waals surface area contributed by atoms with Crippen LogP contribution < -0.4 is 0 Å². The molecule has 5 rings (SSSR count). The zero-order valence-electron chi connectivity index (χ0n) is 19.4. The predicted molar refractivity (Wildman–Crippen MR) is 125 cm³/mol. The fourth-order valence-corrected chi connectivity index (χ4v) is 6.56. The van der Waals surface area contributed by atoms with E-state index in [0.717, 1.165) is 12.1 Å². The van der Waals surface area contributed by atoms with Crippen LogP contribution in [-0.2, 0) is 16.2 Å². The lowest BCUT2D eigenvalue weighted by Gasteiger charge is -2.43. The maximum Gasteiger partial charge on any atom is 0.354 e. The molecular formula is C28H33NO2. The summed E-state index contributed by atoms with van der Waals surface area (Å²) in [5.74, 6) is -0.264. The van der Waals surface area contributed by atoms with Crippen molar-refractivity contribution in [1.82, 2.24) is 4.98 Å². The molecule has 0 amide bonds. The van der Waals surface area contributed by atoms with E-state index < -0.39 is 5.97 Å². The molecule has 0 aliphatic heterocycles. The number of allylic oxidation sites excluding steroid dienone is 1. The van der Waals surface area contributed by atoms with E-state index in [1.54, 1.807) is 17.7 Å². The maximum absolute atomic E-state index is 11.4. The monoisotopic (exact) mass is 415 g/mol. The van der Waals surface area contributed by atoms with Crippen molar-refractivity contribution in [3.8, 4) is 0 Å². The topological polar surface area (TPSA) is 50.2 Å². The highest BCUT2D eigenvalue weighted by Crippen LogP contribution is 2.68. The van der Waals surface area contributed by atoms with Crippen molar-refractivity contribution in [1.29, 1.82) is 0 Å². The second-order valence-electron chi connectivity index (χ2n) is 11.3. The first kappa shape index (κ1) is 20.5. The number of aromatic carboxylic acids is 1. The van der Waals surface area contributed by atoms with Crippen LogP contribution in [0, 0.1) is 12.8 Å². The Morgan fingerprint density at radius 3 is 2.58 bits per heavy atom. The van der Waals surface area contributed by atoms with Crippen LogP contribution >= 0.6 is 0 Å². The molecule has 2 saturated carbocycles. The number of hydrogen-bond acceptors (Lipinski definition) is 2. The average Bonchev–Trinajstić information content (AvgIpc) is 3.35. The SMILES string of the molecule is Cc1cc(C23CC2CC/C3=C\c2cccc(C(=O)O)n2)cc2c1C(C)(C)CCC2(C)C. The van der Waals surface area contributed by atoms with Gasteiger partial charge in [0.1, 0.15) is 5.69 Å². The summed E-state index contributed by atoms with van der Waals surface area (Å²) in [5.41, 5.74) is 8.85. The lowest BCUT2D eigenvalue weighted by molar-refractivity contribution is 0.0690. The second-order valence-corrected chi connectivity index (χ2v) is 11.3. The second kappa shape index (κ2) is 6.54. The van der Waals surface area contributed by atoms with Gasteiger partial charge in [0.05, 0.1) is 5.69 Å².